The second-order valence-corrected chi connectivity index (χ2v) is 9.18. The highest BCUT2D eigenvalue weighted by molar-refractivity contribution is 8.00. The molecule has 2 aromatic heterocycles. The van der Waals surface area contributed by atoms with Gasteiger partial charge in [-0.15, -0.1) is 21.5 Å². The molecule has 146 valence electrons. The zero-order valence-corrected chi connectivity index (χ0v) is 17.3. The van der Waals surface area contributed by atoms with Crippen LogP contribution in [0.1, 0.15) is 44.3 Å². The lowest BCUT2D eigenvalue weighted by Crippen LogP contribution is -2.33. The summed E-state index contributed by atoms with van der Waals surface area (Å²) in [4.78, 5) is 13.8. The molecule has 0 bridgehead atoms. The van der Waals surface area contributed by atoms with Gasteiger partial charge in [-0.1, -0.05) is 30.0 Å². The standard InChI is InChI=1S/C20H21FN4OS2/c1-12(14-5-7-15(21)8-6-14)22-19(26)13(2)28-20-24-23-18(17-4-3-11-27-17)25(20)16-9-10-16/h3-8,11-13,16H,9-10H2,1-2H3,(H,22,26)/t12-,13-/m1/s1. The topological polar surface area (TPSA) is 59.8 Å². The van der Waals surface area contributed by atoms with Crippen molar-refractivity contribution in [3.8, 4) is 10.7 Å². The van der Waals surface area contributed by atoms with Gasteiger partial charge in [0, 0.05) is 6.04 Å². The molecule has 8 heteroatoms. The molecule has 4 rings (SSSR count). The van der Waals surface area contributed by atoms with E-state index in [2.05, 4.69) is 20.1 Å². The van der Waals surface area contributed by atoms with Crippen LogP contribution in [0.15, 0.2) is 46.9 Å². The van der Waals surface area contributed by atoms with E-state index < -0.39 is 0 Å². The first kappa shape index (κ1) is 19.1. The molecule has 1 saturated carbocycles. The summed E-state index contributed by atoms with van der Waals surface area (Å²) in [7, 11) is 0. The van der Waals surface area contributed by atoms with Crippen LogP contribution in [0, 0.1) is 5.82 Å². The van der Waals surface area contributed by atoms with Crippen molar-refractivity contribution in [3.05, 3.63) is 53.2 Å². The first-order chi connectivity index (χ1) is 13.5. The Morgan fingerprint density at radius 2 is 2.00 bits per heavy atom. The van der Waals surface area contributed by atoms with E-state index in [-0.39, 0.29) is 23.0 Å². The van der Waals surface area contributed by atoms with Gasteiger partial charge in [0.1, 0.15) is 5.82 Å². The number of nitrogens with one attached hydrogen (secondary N) is 1. The largest absolute Gasteiger partial charge is 0.349 e. The number of halogens is 1. The fourth-order valence-corrected chi connectivity index (χ4v) is 4.60. The third-order valence-electron chi connectivity index (χ3n) is 4.70. The van der Waals surface area contributed by atoms with Crippen molar-refractivity contribution in [1.82, 2.24) is 20.1 Å². The predicted octanol–water partition coefficient (Wildman–Crippen LogP) is 4.84. The number of carbonyl (C=O) groups is 1. The summed E-state index contributed by atoms with van der Waals surface area (Å²) in [5.74, 6) is 0.518. The molecule has 1 aliphatic carbocycles. The third kappa shape index (κ3) is 4.12. The summed E-state index contributed by atoms with van der Waals surface area (Å²) in [6.07, 6.45) is 2.23. The normalized spacial score (nSPS) is 16.0. The highest BCUT2D eigenvalue weighted by atomic mass is 32.2. The van der Waals surface area contributed by atoms with Crippen LogP contribution in [0.2, 0.25) is 0 Å². The molecule has 0 spiro atoms. The second-order valence-electron chi connectivity index (χ2n) is 6.93. The number of hydrogen-bond acceptors (Lipinski definition) is 5. The molecular weight excluding hydrogens is 395 g/mol. The Kier molecular flexibility index (Phi) is 5.50. The van der Waals surface area contributed by atoms with E-state index in [9.17, 15) is 9.18 Å². The Hall–Kier alpha value is -2.19. The van der Waals surface area contributed by atoms with Crippen molar-refractivity contribution in [1.29, 1.82) is 0 Å². The number of carbonyl (C=O) groups excluding carboxylic acids is 1. The number of benzene rings is 1. The number of thiophene rings is 1. The lowest BCUT2D eigenvalue weighted by molar-refractivity contribution is -0.120. The molecular formula is C20H21FN4OS2. The van der Waals surface area contributed by atoms with Crippen LogP contribution in [0.3, 0.4) is 0 Å². The minimum Gasteiger partial charge on any atom is -0.349 e. The van der Waals surface area contributed by atoms with E-state index in [0.717, 1.165) is 34.3 Å². The predicted molar refractivity (Wildman–Crippen MR) is 110 cm³/mol. The molecule has 0 saturated heterocycles. The summed E-state index contributed by atoms with van der Waals surface area (Å²) >= 11 is 3.07. The van der Waals surface area contributed by atoms with Crippen molar-refractivity contribution in [2.24, 2.45) is 0 Å². The fourth-order valence-electron chi connectivity index (χ4n) is 2.97. The summed E-state index contributed by atoms with van der Waals surface area (Å²) < 4.78 is 15.3. The van der Waals surface area contributed by atoms with Gasteiger partial charge in [0.05, 0.1) is 16.2 Å². The highest BCUT2D eigenvalue weighted by Crippen LogP contribution is 2.42. The van der Waals surface area contributed by atoms with Crippen LogP contribution in [0.5, 0.6) is 0 Å². The lowest BCUT2D eigenvalue weighted by Gasteiger charge is -2.18. The summed E-state index contributed by atoms with van der Waals surface area (Å²) in [5.41, 5.74) is 0.869. The minimum absolute atomic E-state index is 0.0788. The average Bonchev–Trinajstić information content (AvgIpc) is 3.20. The van der Waals surface area contributed by atoms with Gasteiger partial charge >= 0.3 is 0 Å². The number of nitrogens with zero attached hydrogens (tertiary/aromatic N) is 3. The number of amides is 1. The zero-order valence-electron chi connectivity index (χ0n) is 15.6. The van der Waals surface area contributed by atoms with E-state index in [1.807, 2.05) is 31.4 Å². The maximum Gasteiger partial charge on any atom is 0.233 e. The lowest BCUT2D eigenvalue weighted by atomic mass is 10.1. The first-order valence-corrected chi connectivity index (χ1v) is 11.0. The van der Waals surface area contributed by atoms with Crippen molar-refractivity contribution in [2.45, 2.75) is 49.2 Å². The Bertz CT molecular complexity index is 951. The Morgan fingerprint density at radius 3 is 2.64 bits per heavy atom. The van der Waals surface area contributed by atoms with Crippen LogP contribution in [-0.4, -0.2) is 25.9 Å². The van der Waals surface area contributed by atoms with E-state index in [1.54, 1.807) is 23.5 Å². The molecule has 0 radical (unpaired) electrons. The molecule has 1 aliphatic rings. The van der Waals surface area contributed by atoms with Gasteiger partial charge in [-0.05, 0) is 55.8 Å². The van der Waals surface area contributed by atoms with E-state index >= 15 is 0 Å². The molecule has 2 atom stereocenters. The van der Waals surface area contributed by atoms with Crippen LogP contribution in [-0.2, 0) is 4.79 Å². The van der Waals surface area contributed by atoms with E-state index in [4.69, 9.17) is 0 Å². The quantitative estimate of drug-likeness (QED) is 0.560. The van der Waals surface area contributed by atoms with E-state index in [0.29, 0.717) is 6.04 Å². The van der Waals surface area contributed by atoms with Crippen LogP contribution in [0.4, 0.5) is 4.39 Å². The number of aromatic nitrogens is 3. The molecule has 1 amide bonds. The molecule has 1 N–H and O–H groups in total. The van der Waals surface area contributed by atoms with E-state index in [1.165, 1.54) is 23.9 Å². The Balaban J connectivity index is 1.45. The van der Waals surface area contributed by atoms with Crippen molar-refractivity contribution in [3.63, 3.8) is 0 Å². The van der Waals surface area contributed by atoms with Crippen molar-refractivity contribution in [2.75, 3.05) is 0 Å². The SMILES string of the molecule is C[C@@H](Sc1nnc(-c2cccs2)n1C1CC1)C(=O)N[C@H](C)c1ccc(F)cc1. The number of rotatable bonds is 7. The molecule has 2 heterocycles. The average molecular weight is 417 g/mol. The monoisotopic (exact) mass is 416 g/mol. The van der Waals surface area contributed by atoms with Gasteiger partial charge in [-0.3, -0.25) is 9.36 Å². The molecule has 5 nitrogen and oxygen atoms in total. The molecule has 0 unspecified atom stereocenters. The zero-order chi connectivity index (χ0) is 19.7. The summed E-state index contributed by atoms with van der Waals surface area (Å²) in [6, 6.07) is 10.5. The molecule has 3 aromatic rings. The smallest absolute Gasteiger partial charge is 0.233 e. The maximum atomic E-state index is 13.1. The second kappa shape index (κ2) is 8.05. The molecule has 1 aromatic carbocycles. The Labute approximate surface area is 171 Å². The third-order valence-corrected chi connectivity index (χ3v) is 6.62. The summed E-state index contributed by atoms with van der Waals surface area (Å²) in [5, 5.41) is 14.2. The van der Waals surface area contributed by atoms with Gasteiger partial charge in [-0.25, -0.2) is 4.39 Å². The van der Waals surface area contributed by atoms with Gasteiger partial charge in [0.2, 0.25) is 5.91 Å². The molecule has 28 heavy (non-hydrogen) atoms. The van der Waals surface area contributed by atoms with Crippen LogP contribution < -0.4 is 5.32 Å². The summed E-state index contributed by atoms with van der Waals surface area (Å²) in [6.45, 7) is 3.76. The van der Waals surface area contributed by atoms with Crippen molar-refractivity contribution >= 4 is 29.0 Å². The van der Waals surface area contributed by atoms with Gasteiger partial charge in [0.15, 0.2) is 11.0 Å². The van der Waals surface area contributed by atoms with Gasteiger partial charge < -0.3 is 5.32 Å². The fraction of sp³-hybridized carbons (Fsp3) is 0.350. The van der Waals surface area contributed by atoms with Crippen LogP contribution >= 0.6 is 23.1 Å². The van der Waals surface area contributed by atoms with Crippen molar-refractivity contribution < 1.29 is 9.18 Å². The molecule has 0 aliphatic heterocycles. The number of thioether (sulfide) groups is 1. The van der Waals surface area contributed by atoms with Gasteiger partial charge in [-0.2, -0.15) is 0 Å². The Morgan fingerprint density at radius 1 is 1.25 bits per heavy atom. The number of hydrogen-bond donors (Lipinski definition) is 1. The maximum absolute atomic E-state index is 13.1. The molecule has 1 fully saturated rings. The van der Waals surface area contributed by atoms with Crippen LogP contribution in [0.25, 0.3) is 10.7 Å². The highest BCUT2D eigenvalue weighted by Gasteiger charge is 2.32. The van der Waals surface area contributed by atoms with Gasteiger partial charge in [0.25, 0.3) is 0 Å². The first-order valence-electron chi connectivity index (χ1n) is 9.24. The minimum atomic E-state index is -0.319.